The highest BCUT2D eigenvalue weighted by Crippen LogP contribution is 2.17. The Labute approximate surface area is 145 Å². The molecule has 1 aliphatic heterocycles. The maximum absolute atomic E-state index is 11.7. The van der Waals surface area contributed by atoms with E-state index in [2.05, 4.69) is 0 Å². The summed E-state index contributed by atoms with van der Waals surface area (Å²) in [4.78, 5) is 23.4. The van der Waals surface area contributed by atoms with Crippen molar-refractivity contribution < 1.29 is 9.59 Å². The molecular formula is C18H32O2S2. The fraction of sp³-hybridized carbons (Fsp3) is 0.889. The van der Waals surface area contributed by atoms with E-state index in [0.29, 0.717) is 10.2 Å². The van der Waals surface area contributed by atoms with Gasteiger partial charge in [0.2, 0.25) is 0 Å². The zero-order valence-electron chi connectivity index (χ0n) is 13.9. The van der Waals surface area contributed by atoms with Gasteiger partial charge in [0.05, 0.1) is 0 Å². The molecule has 0 spiro atoms. The van der Waals surface area contributed by atoms with Crippen molar-refractivity contribution in [3.8, 4) is 0 Å². The van der Waals surface area contributed by atoms with Gasteiger partial charge >= 0.3 is 0 Å². The lowest BCUT2D eigenvalue weighted by Crippen LogP contribution is -1.96. The number of rotatable bonds is 0. The first-order valence-corrected chi connectivity index (χ1v) is 11.1. The summed E-state index contributed by atoms with van der Waals surface area (Å²) in [6.07, 6.45) is 15.8. The minimum atomic E-state index is 0.385. The van der Waals surface area contributed by atoms with E-state index < -0.39 is 0 Å². The predicted octanol–water partition coefficient (Wildman–Crippen LogP) is 5.98. The van der Waals surface area contributed by atoms with Crippen LogP contribution in [0.5, 0.6) is 0 Å². The van der Waals surface area contributed by atoms with Crippen molar-refractivity contribution in [2.75, 3.05) is 11.5 Å². The Bertz CT molecular complexity index is 275. The highest BCUT2D eigenvalue weighted by Gasteiger charge is 2.05. The molecule has 22 heavy (non-hydrogen) atoms. The van der Waals surface area contributed by atoms with Crippen LogP contribution in [-0.4, -0.2) is 21.7 Å². The smallest absolute Gasteiger partial charge is 0.188 e. The van der Waals surface area contributed by atoms with Crippen molar-refractivity contribution in [3.63, 3.8) is 0 Å². The topological polar surface area (TPSA) is 34.1 Å². The molecule has 0 N–H and O–H groups in total. The molecular weight excluding hydrogens is 312 g/mol. The van der Waals surface area contributed by atoms with Crippen molar-refractivity contribution in [1.82, 2.24) is 0 Å². The Kier molecular flexibility index (Phi) is 13.3. The summed E-state index contributed by atoms with van der Waals surface area (Å²) in [5.41, 5.74) is 0. The van der Waals surface area contributed by atoms with E-state index in [4.69, 9.17) is 0 Å². The lowest BCUT2D eigenvalue weighted by atomic mass is 10.1. The second-order valence-electron chi connectivity index (χ2n) is 6.18. The average Bonchev–Trinajstić information content (AvgIpc) is 2.50. The maximum Gasteiger partial charge on any atom is 0.188 e. The highest BCUT2D eigenvalue weighted by molar-refractivity contribution is 8.13. The third kappa shape index (κ3) is 12.6. The first-order valence-electron chi connectivity index (χ1n) is 9.10. The molecule has 1 aliphatic rings. The molecule has 0 aliphatic carbocycles. The minimum absolute atomic E-state index is 0.385. The molecule has 4 heteroatoms. The van der Waals surface area contributed by atoms with Crippen LogP contribution in [0.1, 0.15) is 89.9 Å². The molecule has 0 atom stereocenters. The van der Waals surface area contributed by atoms with E-state index in [1.54, 1.807) is 0 Å². The second kappa shape index (κ2) is 14.6. The summed E-state index contributed by atoms with van der Waals surface area (Å²) >= 11 is 3.06. The summed E-state index contributed by atoms with van der Waals surface area (Å²) < 4.78 is 0. The molecule has 0 bridgehead atoms. The largest absolute Gasteiger partial charge is 0.287 e. The Morgan fingerprint density at radius 1 is 0.455 bits per heavy atom. The van der Waals surface area contributed by atoms with Crippen molar-refractivity contribution >= 4 is 33.8 Å². The summed E-state index contributed by atoms with van der Waals surface area (Å²) in [7, 11) is 0. The summed E-state index contributed by atoms with van der Waals surface area (Å²) in [6, 6.07) is 0. The summed E-state index contributed by atoms with van der Waals surface area (Å²) in [5.74, 6) is 1.95. The van der Waals surface area contributed by atoms with Crippen LogP contribution in [-0.2, 0) is 9.59 Å². The first-order chi connectivity index (χ1) is 10.8. The predicted molar refractivity (Wildman–Crippen MR) is 99.6 cm³/mol. The van der Waals surface area contributed by atoms with Gasteiger partial charge in [0.1, 0.15) is 0 Å². The fourth-order valence-electron chi connectivity index (χ4n) is 2.67. The van der Waals surface area contributed by atoms with Crippen LogP contribution in [0.25, 0.3) is 0 Å². The number of hydrogen-bond donors (Lipinski definition) is 0. The van der Waals surface area contributed by atoms with Crippen molar-refractivity contribution in [1.29, 1.82) is 0 Å². The van der Waals surface area contributed by atoms with E-state index in [1.165, 1.54) is 74.9 Å². The number of thioether (sulfide) groups is 2. The average molecular weight is 345 g/mol. The number of carbonyl (C=O) groups is 2. The van der Waals surface area contributed by atoms with Crippen LogP contribution in [0, 0.1) is 0 Å². The second-order valence-corrected chi connectivity index (χ2v) is 8.49. The van der Waals surface area contributed by atoms with E-state index in [-0.39, 0.29) is 0 Å². The number of hydrogen-bond acceptors (Lipinski definition) is 4. The first kappa shape index (κ1) is 20.1. The highest BCUT2D eigenvalue weighted by atomic mass is 32.2. The van der Waals surface area contributed by atoms with E-state index in [1.807, 2.05) is 0 Å². The summed E-state index contributed by atoms with van der Waals surface area (Å²) in [5, 5.41) is 0.770. The zero-order chi connectivity index (χ0) is 15.9. The fourth-order valence-corrected chi connectivity index (χ4v) is 4.40. The normalized spacial score (nSPS) is 23.1. The van der Waals surface area contributed by atoms with E-state index >= 15 is 0 Å². The molecule has 1 rings (SSSR count). The van der Waals surface area contributed by atoms with Crippen LogP contribution < -0.4 is 0 Å². The Hall–Kier alpha value is 0.0400. The van der Waals surface area contributed by atoms with Gasteiger partial charge in [0, 0.05) is 24.3 Å². The zero-order valence-corrected chi connectivity index (χ0v) is 15.6. The molecule has 0 unspecified atom stereocenters. The standard InChI is InChI=1S/C18H32O2S2/c19-17-13-9-5-3-1-2-4-6-10-14-18(20)22-16-12-8-7-11-15-21-17/h1-16H2. The van der Waals surface area contributed by atoms with Crippen LogP contribution >= 0.6 is 23.5 Å². The Balaban J connectivity index is 2.17. The molecule has 0 aromatic rings. The lowest BCUT2D eigenvalue weighted by Gasteiger charge is -2.05. The Morgan fingerprint density at radius 3 is 1.18 bits per heavy atom. The van der Waals surface area contributed by atoms with Crippen molar-refractivity contribution in [3.05, 3.63) is 0 Å². The van der Waals surface area contributed by atoms with Gasteiger partial charge in [-0.05, 0) is 25.7 Å². The van der Waals surface area contributed by atoms with Crippen LogP contribution in [0.4, 0.5) is 0 Å². The van der Waals surface area contributed by atoms with Gasteiger partial charge in [-0.15, -0.1) is 0 Å². The van der Waals surface area contributed by atoms with E-state index in [9.17, 15) is 9.59 Å². The lowest BCUT2D eigenvalue weighted by molar-refractivity contribution is -0.111. The minimum Gasteiger partial charge on any atom is -0.287 e. The van der Waals surface area contributed by atoms with Gasteiger partial charge in [0.25, 0.3) is 0 Å². The Morgan fingerprint density at radius 2 is 0.773 bits per heavy atom. The molecule has 1 saturated heterocycles. The molecule has 128 valence electrons. The van der Waals surface area contributed by atoms with Gasteiger partial charge in [-0.2, -0.15) is 0 Å². The van der Waals surface area contributed by atoms with Gasteiger partial charge < -0.3 is 0 Å². The molecule has 0 saturated carbocycles. The van der Waals surface area contributed by atoms with Gasteiger partial charge in [-0.25, -0.2) is 0 Å². The third-order valence-electron chi connectivity index (χ3n) is 4.08. The molecule has 0 aromatic carbocycles. The molecule has 1 heterocycles. The molecule has 0 amide bonds. The maximum atomic E-state index is 11.7. The van der Waals surface area contributed by atoms with E-state index in [0.717, 1.165) is 50.0 Å². The van der Waals surface area contributed by atoms with Gasteiger partial charge in [0.15, 0.2) is 10.2 Å². The van der Waals surface area contributed by atoms with Crippen LogP contribution in [0.2, 0.25) is 0 Å². The van der Waals surface area contributed by atoms with Gasteiger partial charge in [-0.3, -0.25) is 9.59 Å². The SMILES string of the molecule is O=C1CCCCCCCCCCC(=O)SCCCCCCS1. The molecule has 0 radical (unpaired) electrons. The molecule has 2 nitrogen and oxygen atoms in total. The summed E-state index contributed by atoms with van der Waals surface area (Å²) in [6.45, 7) is 0. The monoisotopic (exact) mass is 344 g/mol. The van der Waals surface area contributed by atoms with Crippen LogP contribution in [0.3, 0.4) is 0 Å². The number of carbonyl (C=O) groups excluding carboxylic acids is 2. The van der Waals surface area contributed by atoms with Crippen LogP contribution in [0.15, 0.2) is 0 Å². The van der Waals surface area contributed by atoms with Gasteiger partial charge in [-0.1, -0.05) is 74.9 Å². The third-order valence-corrected chi connectivity index (χ3v) is 6.11. The van der Waals surface area contributed by atoms with Crippen molar-refractivity contribution in [2.45, 2.75) is 89.9 Å². The quantitative estimate of drug-likeness (QED) is 0.541. The molecule has 0 aromatic heterocycles. The van der Waals surface area contributed by atoms with Crippen molar-refractivity contribution in [2.24, 2.45) is 0 Å². The molecule has 1 fully saturated rings.